The third-order valence-electron chi connectivity index (χ3n) is 5.17. The number of carboxylic acid groups (broad SMARTS) is 1. The highest BCUT2D eigenvalue weighted by molar-refractivity contribution is 5.79. The smallest absolute Gasteiger partial charge is 0.416 e. The number of hydrogen-bond acceptors (Lipinski definition) is 3. The van der Waals surface area contributed by atoms with Crippen LogP contribution in [0.1, 0.15) is 30.4 Å². The molecule has 0 aliphatic carbocycles. The molecule has 0 aliphatic heterocycles. The van der Waals surface area contributed by atoms with Crippen LogP contribution < -0.4 is 0 Å². The maximum atomic E-state index is 12.8. The molecule has 1 heterocycles. The molecule has 0 saturated carbocycles. The van der Waals surface area contributed by atoms with E-state index in [4.69, 9.17) is 9.52 Å². The van der Waals surface area contributed by atoms with Gasteiger partial charge in [-0.3, -0.25) is 4.79 Å². The van der Waals surface area contributed by atoms with Crippen molar-refractivity contribution in [1.29, 1.82) is 0 Å². The number of nitrogens with zero attached hydrogens (tertiary/aromatic N) is 1. The van der Waals surface area contributed by atoms with Crippen molar-refractivity contribution in [1.82, 2.24) is 4.98 Å². The highest BCUT2D eigenvalue weighted by atomic mass is 19.4. The van der Waals surface area contributed by atoms with Gasteiger partial charge in [0.15, 0.2) is 5.58 Å². The lowest BCUT2D eigenvalue weighted by Gasteiger charge is -2.08. The number of fused-ring (bicyclic) bond motifs is 1. The standard InChI is InChI=1S/C26H18F3NO3/c1-2-4-17(15-24(31)32)19-9-12-23-22(14-19)30-25(33-23)20-6-3-5-18(13-20)16-7-10-21(11-8-16)26(27,28)29/h3,5-14,17H,15H2,1H3,(H,31,32). The second-order valence-corrected chi connectivity index (χ2v) is 7.45. The van der Waals surface area contributed by atoms with Crippen molar-refractivity contribution in [2.75, 3.05) is 0 Å². The summed E-state index contributed by atoms with van der Waals surface area (Å²) in [5, 5.41) is 9.16. The zero-order chi connectivity index (χ0) is 23.6. The van der Waals surface area contributed by atoms with Crippen LogP contribution >= 0.6 is 0 Å². The maximum absolute atomic E-state index is 12.8. The first-order valence-electron chi connectivity index (χ1n) is 10.1. The molecular weight excluding hydrogens is 431 g/mol. The number of aliphatic carboxylic acids is 1. The van der Waals surface area contributed by atoms with E-state index in [1.54, 1.807) is 49.4 Å². The van der Waals surface area contributed by atoms with Crippen LogP contribution in [0.25, 0.3) is 33.7 Å². The van der Waals surface area contributed by atoms with E-state index in [9.17, 15) is 18.0 Å². The molecule has 4 aromatic rings. The fraction of sp³-hybridized carbons (Fsp3) is 0.154. The van der Waals surface area contributed by atoms with Crippen molar-refractivity contribution >= 4 is 17.1 Å². The predicted octanol–water partition coefficient (Wildman–Crippen LogP) is 6.76. The van der Waals surface area contributed by atoms with Crippen LogP contribution in [0.5, 0.6) is 0 Å². The number of carbonyl (C=O) groups is 1. The quantitative estimate of drug-likeness (QED) is 0.342. The highest BCUT2D eigenvalue weighted by Gasteiger charge is 2.30. The molecule has 33 heavy (non-hydrogen) atoms. The lowest BCUT2D eigenvalue weighted by molar-refractivity contribution is -0.138. The van der Waals surface area contributed by atoms with Gasteiger partial charge < -0.3 is 9.52 Å². The number of benzene rings is 3. The summed E-state index contributed by atoms with van der Waals surface area (Å²) in [5.41, 5.74) is 3.16. The van der Waals surface area contributed by atoms with Crippen LogP contribution in [0.3, 0.4) is 0 Å². The van der Waals surface area contributed by atoms with Gasteiger partial charge in [0.05, 0.1) is 17.9 Å². The number of halogens is 3. The van der Waals surface area contributed by atoms with E-state index in [1.807, 2.05) is 0 Å². The molecule has 3 aromatic carbocycles. The van der Waals surface area contributed by atoms with E-state index in [1.165, 1.54) is 12.1 Å². The summed E-state index contributed by atoms with van der Waals surface area (Å²) in [7, 11) is 0. The van der Waals surface area contributed by atoms with E-state index < -0.39 is 23.6 Å². The van der Waals surface area contributed by atoms with Gasteiger partial charge in [0.2, 0.25) is 5.89 Å². The molecule has 166 valence electrons. The number of alkyl halides is 3. The highest BCUT2D eigenvalue weighted by Crippen LogP contribution is 2.33. The SMILES string of the molecule is CC#CC(CC(=O)O)c1ccc2oc(-c3cccc(-c4ccc(C(F)(F)F)cc4)c3)nc2c1. The number of hydrogen-bond donors (Lipinski definition) is 1. The van der Waals surface area contributed by atoms with Gasteiger partial charge in [-0.2, -0.15) is 13.2 Å². The lowest BCUT2D eigenvalue weighted by Crippen LogP contribution is -2.04. The first-order chi connectivity index (χ1) is 15.7. The van der Waals surface area contributed by atoms with E-state index in [2.05, 4.69) is 16.8 Å². The van der Waals surface area contributed by atoms with Crippen molar-refractivity contribution in [3.05, 3.63) is 77.9 Å². The molecule has 1 unspecified atom stereocenters. The van der Waals surface area contributed by atoms with E-state index in [-0.39, 0.29) is 6.42 Å². The van der Waals surface area contributed by atoms with Gasteiger partial charge in [0.1, 0.15) is 5.52 Å². The predicted molar refractivity (Wildman–Crippen MR) is 118 cm³/mol. The minimum absolute atomic E-state index is 0.119. The molecule has 1 aromatic heterocycles. The maximum Gasteiger partial charge on any atom is 0.416 e. The van der Waals surface area contributed by atoms with Gasteiger partial charge in [-0.25, -0.2) is 4.98 Å². The summed E-state index contributed by atoms with van der Waals surface area (Å²) in [6, 6.07) is 17.4. The molecule has 4 nitrogen and oxygen atoms in total. The van der Waals surface area contributed by atoms with Crippen molar-refractivity contribution in [3.8, 4) is 34.4 Å². The number of aromatic nitrogens is 1. The van der Waals surface area contributed by atoms with Gasteiger partial charge in [-0.05, 0) is 60.0 Å². The summed E-state index contributed by atoms with van der Waals surface area (Å²) in [6.45, 7) is 1.66. The Labute approximate surface area is 187 Å². The topological polar surface area (TPSA) is 63.3 Å². The van der Waals surface area contributed by atoms with E-state index in [0.717, 1.165) is 23.3 Å². The third kappa shape index (κ3) is 4.90. The summed E-state index contributed by atoms with van der Waals surface area (Å²) in [5.74, 6) is 4.63. The monoisotopic (exact) mass is 449 g/mol. The minimum atomic E-state index is -4.39. The Morgan fingerprint density at radius 1 is 1.03 bits per heavy atom. The summed E-state index contributed by atoms with van der Waals surface area (Å²) >= 11 is 0. The molecule has 0 spiro atoms. The molecular formula is C26H18F3NO3. The van der Waals surface area contributed by atoms with Crippen LogP contribution in [0.4, 0.5) is 13.2 Å². The molecule has 0 saturated heterocycles. The summed E-state index contributed by atoms with van der Waals surface area (Å²) < 4.78 is 44.4. The van der Waals surface area contributed by atoms with Gasteiger partial charge in [-0.1, -0.05) is 36.3 Å². The molecule has 0 amide bonds. The normalized spacial score (nSPS) is 12.2. The second-order valence-electron chi connectivity index (χ2n) is 7.45. The van der Waals surface area contributed by atoms with Crippen molar-refractivity contribution in [3.63, 3.8) is 0 Å². The Bertz CT molecular complexity index is 1380. The Balaban J connectivity index is 1.66. The van der Waals surface area contributed by atoms with Gasteiger partial charge in [-0.15, -0.1) is 5.92 Å². The largest absolute Gasteiger partial charge is 0.481 e. The Kier molecular flexibility index (Phi) is 5.93. The fourth-order valence-corrected chi connectivity index (χ4v) is 3.57. The van der Waals surface area contributed by atoms with Gasteiger partial charge in [0.25, 0.3) is 0 Å². The molecule has 0 radical (unpaired) electrons. The number of carboxylic acids is 1. The summed E-state index contributed by atoms with van der Waals surface area (Å²) in [4.78, 5) is 15.7. The van der Waals surface area contributed by atoms with Crippen LogP contribution in [-0.2, 0) is 11.0 Å². The molecule has 0 aliphatic rings. The zero-order valence-electron chi connectivity index (χ0n) is 17.5. The van der Waals surface area contributed by atoms with Crippen molar-refractivity contribution in [2.24, 2.45) is 0 Å². The van der Waals surface area contributed by atoms with E-state index in [0.29, 0.717) is 28.1 Å². The lowest BCUT2D eigenvalue weighted by atomic mass is 9.96. The first-order valence-corrected chi connectivity index (χ1v) is 10.1. The van der Waals surface area contributed by atoms with Gasteiger partial charge >= 0.3 is 12.1 Å². The molecule has 0 fully saturated rings. The number of oxazole rings is 1. The Morgan fingerprint density at radius 2 is 1.76 bits per heavy atom. The Morgan fingerprint density at radius 3 is 2.42 bits per heavy atom. The fourth-order valence-electron chi connectivity index (χ4n) is 3.57. The van der Waals surface area contributed by atoms with Gasteiger partial charge in [0, 0.05) is 5.56 Å². The third-order valence-corrected chi connectivity index (χ3v) is 5.17. The second kappa shape index (κ2) is 8.83. The molecule has 1 N–H and O–H groups in total. The van der Waals surface area contributed by atoms with Crippen LogP contribution in [0, 0.1) is 11.8 Å². The Hall–Kier alpha value is -4.05. The van der Waals surface area contributed by atoms with Crippen molar-refractivity contribution < 1.29 is 27.5 Å². The van der Waals surface area contributed by atoms with Crippen LogP contribution in [0.2, 0.25) is 0 Å². The molecule has 7 heteroatoms. The molecule has 0 bridgehead atoms. The average molecular weight is 449 g/mol. The zero-order valence-corrected chi connectivity index (χ0v) is 17.5. The number of rotatable bonds is 5. The minimum Gasteiger partial charge on any atom is -0.481 e. The summed E-state index contributed by atoms with van der Waals surface area (Å²) in [6.07, 6.45) is -4.50. The molecule has 1 atom stereocenters. The van der Waals surface area contributed by atoms with E-state index >= 15 is 0 Å². The molecule has 4 rings (SSSR count). The average Bonchev–Trinajstić information content (AvgIpc) is 3.22. The van der Waals surface area contributed by atoms with Crippen molar-refractivity contribution in [2.45, 2.75) is 25.4 Å². The first kappa shape index (κ1) is 22.2. The van der Waals surface area contributed by atoms with Crippen LogP contribution in [-0.4, -0.2) is 16.1 Å². The van der Waals surface area contributed by atoms with Crippen LogP contribution in [0.15, 0.2) is 71.1 Å².